The summed E-state index contributed by atoms with van der Waals surface area (Å²) in [7, 11) is 0. The molecule has 0 radical (unpaired) electrons. The van der Waals surface area contributed by atoms with E-state index in [4.69, 9.17) is 27.9 Å². The fraction of sp³-hybridized carbons (Fsp3) is 0.176. The zero-order valence-corrected chi connectivity index (χ0v) is 14.7. The summed E-state index contributed by atoms with van der Waals surface area (Å²) in [5, 5.41) is 3.43. The molecule has 0 heterocycles. The number of amides is 1. The molecule has 0 aromatic heterocycles. The predicted octanol–water partition coefficient (Wildman–Crippen LogP) is 4.07. The van der Waals surface area contributed by atoms with E-state index >= 15 is 0 Å². The van der Waals surface area contributed by atoms with Crippen molar-refractivity contribution in [1.29, 1.82) is 0 Å². The summed E-state index contributed by atoms with van der Waals surface area (Å²) in [4.78, 5) is 23.6. The normalized spacial score (nSPS) is 10.5. The maximum Gasteiger partial charge on any atom is 0.387 e. The van der Waals surface area contributed by atoms with Gasteiger partial charge in [-0.3, -0.25) is 4.79 Å². The Balaban J connectivity index is 1.80. The molecular weight excluding hydrogens is 391 g/mol. The van der Waals surface area contributed by atoms with Gasteiger partial charge >= 0.3 is 12.6 Å². The summed E-state index contributed by atoms with van der Waals surface area (Å²) in [5.41, 5.74) is 0.755. The third-order valence-electron chi connectivity index (χ3n) is 3.14. The Hall–Kier alpha value is -2.38. The lowest BCUT2D eigenvalue weighted by atomic mass is 10.2. The van der Waals surface area contributed by atoms with Crippen molar-refractivity contribution in [2.24, 2.45) is 0 Å². The molecule has 0 spiro atoms. The quantitative estimate of drug-likeness (QED) is 0.707. The van der Waals surface area contributed by atoms with E-state index in [0.717, 1.165) is 0 Å². The van der Waals surface area contributed by atoms with Crippen molar-refractivity contribution < 1.29 is 27.8 Å². The minimum atomic E-state index is -2.95. The molecule has 0 aliphatic rings. The Kier molecular flexibility index (Phi) is 7.17. The van der Waals surface area contributed by atoms with Gasteiger partial charge in [0, 0.05) is 16.6 Å². The summed E-state index contributed by atoms with van der Waals surface area (Å²) in [6.07, 6.45) is 0. The molecule has 0 atom stereocenters. The number of carbonyl (C=O) groups excluding carboxylic acids is 2. The Morgan fingerprint density at radius 3 is 2.38 bits per heavy atom. The number of halogens is 4. The van der Waals surface area contributed by atoms with Crippen LogP contribution < -0.4 is 10.1 Å². The first-order valence-electron chi connectivity index (χ1n) is 7.28. The molecule has 5 nitrogen and oxygen atoms in total. The number of benzene rings is 2. The van der Waals surface area contributed by atoms with Crippen LogP contribution in [0.15, 0.2) is 42.5 Å². The van der Waals surface area contributed by atoms with Crippen molar-refractivity contribution in [1.82, 2.24) is 5.32 Å². The van der Waals surface area contributed by atoms with Gasteiger partial charge < -0.3 is 14.8 Å². The molecule has 138 valence electrons. The van der Waals surface area contributed by atoms with Gasteiger partial charge in [0.1, 0.15) is 5.75 Å². The van der Waals surface area contributed by atoms with Crippen molar-refractivity contribution in [3.8, 4) is 5.75 Å². The molecule has 0 aliphatic carbocycles. The first-order chi connectivity index (χ1) is 12.3. The molecule has 0 saturated carbocycles. The minimum absolute atomic E-state index is 0.0888. The lowest BCUT2D eigenvalue weighted by molar-refractivity contribution is -0.124. The smallest absolute Gasteiger partial charge is 0.387 e. The monoisotopic (exact) mass is 403 g/mol. The van der Waals surface area contributed by atoms with Gasteiger partial charge in [-0.25, -0.2) is 4.79 Å². The molecule has 2 rings (SSSR count). The summed E-state index contributed by atoms with van der Waals surface area (Å²) in [5.74, 6) is -1.38. The van der Waals surface area contributed by atoms with Gasteiger partial charge in [-0.1, -0.05) is 29.3 Å². The number of carbonyl (C=O) groups is 2. The first kappa shape index (κ1) is 19.9. The fourth-order valence-electron chi connectivity index (χ4n) is 1.90. The highest BCUT2D eigenvalue weighted by molar-refractivity contribution is 6.35. The van der Waals surface area contributed by atoms with Gasteiger partial charge in [-0.05, 0) is 42.0 Å². The van der Waals surface area contributed by atoms with Crippen LogP contribution in [-0.4, -0.2) is 25.1 Å². The lowest BCUT2D eigenvalue weighted by Gasteiger charge is -2.09. The SMILES string of the molecule is O=C(COC(=O)c1ccc(OC(F)F)cc1)NCc1ccc(Cl)cc1Cl. The Morgan fingerprint density at radius 1 is 1.08 bits per heavy atom. The minimum Gasteiger partial charge on any atom is -0.452 e. The van der Waals surface area contributed by atoms with Crippen molar-refractivity contribution in [3.05, 3.63) is 63.6 Å². The maximum absolute atomic E-state index is 12.1. The van der Waals surface area contributed by atoms with E-state index in [1.807, 2.05) is 0 Å². The molecule has 0 saturated heterocycles. The number of esters is 1. The summed E-state index contributed by atoms with van der Waals surface area (Å²) >= 11 is 11.8. The molecule has 0 aliphatic heterocycles. The summed E-state index contributed by atoms with van der Waals surface area (Å²) in [6.45, 7) is -3.31. The third kappa shape index (κ3) is 6.16. The largest absolute Gasteiger partial charge is 0.452 e. The van der Waals surface area contributed by atoms with Gasteiger partial charge in [0.05, 0.1) is 5.56 Å². The van der Waals surface area contributed by atoms with Crippen LogP contribution in [0.3, 0.4) is 0 Å². The van der Waals surface area contributed by atoms with Crippen molar-refractivity contribution in [2.45, 2.75) is 13.2 Å². The Bertz CT molecular complexity index is 785. The summed E-state index contributed by atoms with van der Waals surface area (Å²) < 4.78 is 33.1. The lowest BCUT2D eigenvalue weighted by Crippen LogP contribution is -2.28. The van der Waals surface area contributed by atoms with Gasteiger partial charge in [0.15, 0.2) is 6.61 Å². The van der Waals surface area contributed by atoms with Gasteiger partial charge in [0.25, 0.3) is 5.91 Å². The molecular formula is C17H13Cl2F2NO4. The van der Waals surface area contributed by atoms with Crippen LogP contribution in [0.4, 0.5) is 8.78 Å². The molecule has 9 heteroatoms. The maximum atomic E-state index is 12.1. The van der Waals surface area contributed by atoms with E-state index in [2.05, 4.69) is 10.1 Å². The van der Waals surface area contributed by atoms with Crippen molar-refractivity contribution in [3.63, 3.8) is 0 Å². The summed E-state index contributed by atoms with van der Waals surface area (Å²) in [6, 6.07) is 9.76. The van der Waals surface area contributed by atoms with E-state index in [-0.39, 0.29) is 17.9 Å². The van der Waals surface area contributed by atoms with Crippen molar-refractivity contribution >= 4 is 35.1 Å². The van der Waals surface area contributed by atoms with Crippen LogP contribution in [0.25, 0.3) is 0 Å². The van der Waals surface area contributed by atoms with Gasteiger partial charge in [-0.2, -0.15) is 8.78 Å². The topological polar surface area (TPSA) is 64.6 Å². The molecule has 0 bridgehead atoms. The number of alkyl halides is 2. The molecule has 1 amide bonds. The number of ether oxygens (including phenoxy) is 2. The molecule has 0 unspecified atom stereocenters. The highest BCUT2D eigenvalue weighted by Crippen LogP contribution is 2.20. The van der Waals surface area contributed by atoms with Crippen molar-refractivity contribution in [2.75, 3.05) is 6.61 Å². The van der Waals surface area contributed by atoms with E-state index in [1.54, 1.807) is 18.2 Å². The van der Waals surface area contributed by atoms with E-state index in [1.165, 1.54) is 24.3 Å². The Labute approximate surface area is 157 Å². The van der Waals surface area contributed by atoms with E-state index in [0.29, 0.717) is 15.6 Å². The zero-order valence-electron chi connectivity index (χ0n) is 13.2. The number of hydrogen-bond donors (Lipinski definition) is 1. The zero-order chi connectivity index (χ0) is 19.1. The van der Waals surface area contributed by atoms with Gasteiger partial charge in [0.2, 0.25) is 0 Å². The van der Waals surface area contributed by atoms with Crippen LogP contribution in [0.2, 0.25) is 10.0 Å². The Morgan fingerprint density at radius 2 is 1.77 bits per heavy atom. The van der Waals surface area contributed by atoms with Gasteiger partial charge in [-0.15, -0.1) is 0 Å². The number of nitrogens with one attached hydrogen (secondary N) is 1. The average Bonchev–Trinajstić information content (AvgIpc) is 2.59. The molecule has 2 aromatic carbocycles. The molecule has 1 N–H and O–H groups in total. The second-order valence-electron chi connectivity index (χ2n) is 4.99. The second-order valence-corrected chi connectivity index (χ2v) is 5.84. The first-order valence-corrected chi connectivity index (χ1v) is 8.03. The molecule has 26 heavy (non-hydrogen) atoms. The van der Waals surface area contributed by atoms with Crippen LogP contribution in [0, 0.1) is 0 Å². The van der Waals surface area contributed by atoms with Crippen LogP contribution >= 0.6 is 23.2 Å². The predicted molar refractivity (Wildman–Crippen MR) is 91.7 cm³/mol. The molecule has 0 fully saturated rings. The standard InChI is InChI=1S/C17H13Cl2F2NO4/c18-12-4-1-11(14(19)7-12)8-22-15(23)9-25-16(24)10-2-5-13(6-3-10)26-17(20)21/h1-7,17H,8-9H2,(H,22,23). The number of rotatable bonds is 7. The van der Waals surface area contributed by atoms with E-state index in [9.17, 15) is 18.4 Å². The number of hydrogen-bond acceptors (Lipinski definition) is 4. The highest BCUT2D eigenvalue weighted by atomic mass is 35.5. The highest BCUT2D eigenvalue weighted by Gasteiger charge is 2.12. The van der Waals surface area contributed by atoms with Crippen LogP contribution in [-0.2, 0) is 16.1 Å². The fourth-order valence-corrected chi connectivity index (χ4v) is 2.37. The van der Waals surface area contributed by atoms with Crippen LogP contribution in [0.1, 0.15) is 15.9 Å². The third-order valence-corrected chi connectivity index (χ3v) is 3.73. The van der Waals surface area contributed by atoms with Crippen LogP contribution in [0.5, 0.6) is 5.75 Å². The van der Waals surface area contributed by atoms with E-state index < -0.39 is 25.1 Å². The molecule has 2 aromatic rings. The second kappa shape index (κ2) is 9.35. The average molecular weight is 404 g/mol.